The summed E-state index contributed by atoms with van der Waals surface area (Å²) in [5.74, 6) is 0.170. The zero-order valence-electron chi connectivity index (χ0n) is 12.9. The van der Waals surface area contributed by atoms with Gasteiger partial charge in [0.25, 0.3) is 0 Å². The number of carbonyl (C=O) groups is 1. The molecule has 0 spiro atoms. The molecule has 5 nitrogen and oxygen atoms in total. The van der Waals surface area contributed by atoms with E-state index in [4.69, 9.17) is 0 Å². The van der Waals surface area contributed by atoms with Crippen molar-refractivity contribution in [2.75, 3.05) is 20.1 Å². The number of likely N-dealkylation sites (N-methyl/N-ethyl adjacent to an activating group) is 1. The largest absolute Gasteiger partial charge is 0.353 e. The molecule has 1 N–H and O–H groups in total. The Morgan fingerprint density at radius 2 is 2.20 bits per heavy atom. The Morgan fingerprint density at radius 1 is 1.40 bits per heavy atom. The molecule has 20 heavy (non-hydrogen) atoms. The summed E-state index contributed by atoms with van der Waals surface area (Å²) in [7, 11) is 2.05. The van der Waals surface area contributed by atoms with Gasteiger partial charge in [0.15, 0.2) is 0 Å². The second-order valence-corrected chi connectivity index (χ2v) is 5.75. The molecule has 1 atom stereocenters. The van der Waals surface area contributed by atoms with Crippen molar-refractivity contribution in [1.29, 1.82) is 0 Å². The Bertz CT molecular complexity index is 455. The molecule has 0 aromatic carbocycles. The zero-order valence-corrected chi connectivity index (χ0v) is 12.9. The molecule has 0 aliphatic carbocycles. The summed E-state index contributed by atoms with van der Waals surface area (Å²) in [6.07, 6.45) is 6.41. The Morgan fingerprint density at radius 3 is 2.90 bits per heavy atom. The van der Waals surface area contributed by atoms with Crippen LogP contribution in [0.15, 0.2) is 6.33 Å². The highest BCUT2D eigenvalue weighted by atomic mass is 16.2. The molecule has 1 fully saturated rings. The van der Waals surface area contributed by atoms with Gasteiger partial charge in [-0.1, -0.05) is 12.8 Å². The fourth-order valence-electron chi connectivity index (χ4n) is 2.77. The highest BCUT2D eigenvalue weighted by Gasteiger charge is 2.24. The lowest BCUT2D eigenvalue weighted by Crippen LogP contribution is -2.45. The van der Waals surface area contributed by atoms with E-state index in [0.717, 1.165) is 31.6 Å². The molecule has 0 radical (unpaired) electrons. The SMILES string of the molecule is Cc1ncn(CCNC(=O)C2CCCCCN2C)c1C. The Hall–Kier alpha value is -1.36. The number of likely N-dealkylation sites (tertiary alicyclic amines) is 1. The minimum absolute atomic E-state index is 0.0446. The van der Waals surface area contributed by atoms with Crippen molar-refractivity contribution in [2.24, 2.45) is 0 Å². The van der Waals surface area contributed by atoms with Crippen LogP contribution in [0.1, 0.15) is 37.1 Å². The van der Waals surface area contributed by atoms with E-state index < -0.39 is 0 Å². The molecule has 0 saturated carbocycles. The lowest BCUT2D eigenvalue weighted by atomic mass is 10.1. The Labute approximate surface area is 121 Å². The standard InChI is InChI=1S/C15H26N4O/c1-12-13(2)19(11-17-12)10-8-16-15(20)14-7-5-4-6-9-18(14)3/h11,14H,4-10H2,1-3H3,(H,16,20). The van der Waals surface area contributed by atoms with E-state index in [-0.39, 0.29) is 11.9 Å². The summed E-state index contributed by atoms with van der Waals surface area (Å²) >= 11 is 0. The van der Waals surface area contributed by atoms with Crippen molar-refractivity contribution in [3.63, 3.8) is 0 Å². The lowest BCUT2D eigenvalue weighted by Gasteiger charge is -2.24. The number of nitrogens with one attached hydrogen (secondary N) is 1. The Kier molecular flexibility index (Phi) is 5.17. The monoisotopic (exact) mass is 278 g/mol. The van der Waals surface area contributed by atoms with Crippen molar-refractivity contribution in [3.05, 3.63) is 17.7 Å². The van der Waals surface area contributed by atoms with Crippen molar-refractivity contribution >= 4 is 5.91 Å². The first-order valence-corrected chi connectivity index (χ1v) is 7.56. The molecule has 2 heterocycles. The number of hydrogen-bond donors (Lipinski definition) is 1. The van der Waals surface area contributed by atoms with Gasteiger partial charge in [-0.25, -0.2) is 4.98 Å². The van der Waals surface area contributed by atoms with Crippen LogP contribution >= 0.6 is 0 Å². The normalized spacial score (nSPS) is 20.6. The van der Waals surface area contributed by atoms with E-state index in [9.17, 15) is 4.79 Å². The van der Waals surface area contributed by atoms with Crippen molar-refractivity contribution in [2.45, 2.75) is 52.1 Å². The van der Waals surface area contributed by atoms with E-state index in [0.29, 0.717) is 6.54 Å². The van der Waals surface area contributed by atoms with Gasteiger partial charge in [0.1, 0.15) is 0 Å². The maximum Gasteiger partial charge on any atom is 0.237 e. The summed E-state index contributed by atoms with van der Waals surface area (Å²) in [6, 6.07) is 0.0446. The van der Waals surface area contributed by atoms with Crippen LogP contribution in [0.2, 0.25) is 0 Å². The molecule has 1 aromatic rings. The van der Waals surface area contributed by atoms with E-state index in [2.05, 4.69) is 33.7 Å². The molecule has 1 aliphatic rings. The van der Waals surface area contributed by atoms with E-state index in [1.165, 1.54) is 18.5 Å². The van der Waals surface area contributed by atoms with E-state index >= 15 is 0 Å². The molecule has 1 aliphatic heterocycles. The van der Waals surface area contributed by atoms with Crippen LogP contribution < -0.4 is 5.32 Å². The van der Waals surface area contributed by atoms with Crippen LogP contribution in [0.4, 0.5) is 0 Å². The summed E-state index contributed by atoms with van der Waals surface area (Å²) in [6.45, 7) is 6.54. The molecule has 5 heteroatoms. The number of carbonyl (C=O) groups excluding carboxylic acids is 1. The summed E-state index contributed by atoms with van der Waals surface area (Å²) in [5.41, 5.74) is 2.23. The van der Waals surface area contributed by atoms with Gasteiger partial charge in [0.2, 0.25) is 5.91 Å². The van der Waals surface area contributed by atoms with Crippen LogP contribution in [-0.2, 0) is 11.3 Å². The minimum Gasteiger partial charge on any atom is -0.353 e. The molecular weight excluding hydrogens is 252 g/mol. The van der Waals surface area contributed by atoms with Gasteiger partial charge in [-0.3, -0.25) is 9.69 Å². The third-order valence-corrected chi connectivity index (χ3v) is 4.32. The van der Waals surface area contributed by atoms with Crippen molar-refractivity contribution in [3.8, 4) is 0 Å². The second-order valence-electron chi connectivity index (χ2n) is 5.75. The first-order valence-electron chi connectivity index (χ1n) is 7.56. The number of rotatable bonds is 4. The van der Waals surface area contributed by atoms with Gasteiger partial charge in [-0.05, 0) is 40.3 Å². The summed E-state index contributed by atoms with van der Waals surface area (Å²) in [4.78, 5) is 18.7. The van der Waals surface area contributed by atoms with Crippen LogP contribution in [0, 0.1) is 13.8 Å². The number of aryl methyl sites for hydroxylation is 1. The zero-order chi connectivity index (χ0) is 14.5. The molecular formula is C15H26N4O. The highest BCUT2D eigenvalue weighted by molar-refractivity contribution is 5.81. The minimum atomic E-state index is 0.0446. The second kappa shape index (κ2) is 6.88. The van der Waals surface area contributed by atoms with E-state index in [1.54, 1.807) is 0 Å². The lowest BCUT2D eigenvalue weighted by molar-refractivity contribution is -0.126. The van der Waals surface area contributed by atoms with Crippen LogP contribution in [0.5, 0.6) is 0 Å². The average Bonchev–Trinajstić information content (AvgIpc) is 2.64. The summed E-state index contributed by atoms with van der Waals surface area (Å²) in [5, 5.41) is 3.07. The predicted octanol–water partition coefficient (Wildman–Crippen LogP) is 1.49. The summed E-state index contributed by atoms with van der Waals surface area (Å²) < 4.78 is 2.09. The van der Waals surface area contributed by atoms with Gasteiger partial charge in [-0.15, -0.1) is 0 Å². The topological polar surface area (TPSA) is 50.2 Å². The highest BCUT2D eigenvalue weighted by Crippen LogP contribution is 2.15. The molecule has 0 bridgehead atoms. The molecule has 2 rings (SSSR count). The number of imidazole rings is 1. The molecule has 1 aromatic heterocycles. The van der Waals surface area contributed by atoms with Gasteiger partial charge < -0.3 is 9.88 Å². The Balaban J connectivity index is 1.81. The maximum absolute atomic E-state index is 12.3. The van der Waals surface area contributed by atoms with Crippen LogP contribution in [0.3, 0.4) is 0 Å². The quantitative estimate of drug-likeness (QED) is 0.908. The number of amides is 1. The smallest absolute Gasteiger partial charge is 0.237 e. The first kappa shape index (κ1) is 15.0. The molecule has 1 saturated heterocycles. The molecule has 112 valence electrons. The van der Waals surface area contributed by atoms with Crippen molar-refractivity contribution < 1.29 is 4.79 Å². The van der Waals surface area contributed by atoms with Gasteiger partial charge >= 0.3 is 0 Å². The number of aromatic nitrogens is 2. The number of hydrogen-bond acceptors (Lipinski definition) is 3. The average molecular weight is 278 g/mol. The maximum atomic E-state index is 12.3. The van der Waals surface area contributed by atoms with Crippen molar-refractivity contribution in [1.82, 2.24) is 19.8 Å². The van der Waals surface area contributed by atoms with Gasteiger partial charge in [0.05, 0.1) is 18.1 Å². The van der Waals surface area contributed by atoms with Crippen LogP contribution in [-0.4, -0.2) is 46.5 Å². The first-order chi connectivity index (χ1) is 9.59. The third kappa shape index (κ3) is 3.60. The fraction of sp³-hybridized carbons (Fsp3) is 0.733. The van der Waals surface area contributed by atoms with Gasteiger partial charge in [-0.2, -0.15) is 0 Å². The fourth-order valence-corrected chi connectivity index (χ4v) is 2.77. The molecule has 1 unspecified atom stereocenters. The van der Waals surface area contributed by atoms with Gasteiger partial charge in [0, 0.05) is 18.8 Å². The van der Waals surface area contributed by atoms with E-state index in [1.807, 2.05) is 13.3 Å². The predicted molar refractivity (Wildman–Crippen MR) is 79.6 cm³/mol. The molecule has 1 amide bonds. The third-order valence-electron chi connectivity index (χ3n) is 4.32. The number of nitrogens with zero attached hydrogens (tertiary/aromatic N) is 3. The van der Waals surface area contributed by atoms with Crippen LogP contribution in [0.25, 0.3) is 0 Å².